The summed E-state index contributed by atoms with van der Waals surface area (Å²) in [5.74, 6) is -0.741. The highest BCUT2D eigenvalue weighted by Gasteiger charge is 2.18. The first-order valence-corrected chi connectivity index (χ1v) is 12.3. The molecule has 0 atom stereocenters. The number of aryl methyl sites for hydroxylation is 3. The van der Waals surface area contributed by atoms with Crippen LogP contribution in [0.3, 0.4) is 0 Å². The van der Waals surface area contributed by atoms with Crippen LogP contribution in [0.1, 0.15) is 48.9 Å². The van der Waals surface area contributed by atoms with Crippen LogP contribution in [0, 0.1) is 13.8 Å². The number of aliphatic carboxylic acids is 1. The van der Waals surface area contributed by atoms with E-state index in [0.29, 0.717) is 12.8 Å². The Hall–Kier alpha value is -3.51. The summed E-state index contributed by atoms with van der Waals surface area (Å²) in [5.41, 5.74) is 8.79. The van der Waals surface area contributed by atoms with Crippen LogP contribution >= 0.6 is 0 Å². The molecule has 182 valence electrons. The van der Waals surface area contributed by atoms with Crippen molar-refractivity contribution in [3.05, 3.63) is 71.4 Å². The Kier molecular flexibility index (Phi) is 7.93. The van der Waals surface area contributed by atoms with E-state index < -0.39 is 5.97 Å². The molecule has 0 saturated carbocycles. The number of aliphatic hydroxyl groups is 1. The van der Waals surface area contributed by atoms with Crippen molar-refractivity contribution in [3.63, 3.8) is 0 Å². The average Bonchev–Trinajstić information content (AvgIpc) is 3.17. The Balaban J connectivity index is 1.74. The van der Waals surface area contributed by atoms with Crippen molar-refractivity contribution in [3.8, 4) is 22.5 Å². The predicted octanol–water partition coefficient (Wildman–Crippen LogP) is 5.95. The van der Waals surface area contributed by atoms with E-state index in [1.54, 1.807) is 0 Å². The lowest BCUT2D eigenvalue weighted by Gasteiger charge is -2.13. The van der Waals surface area contributed by atoms with E-state index in [4.69, 9.17) is 15.1 Å². The summed E-state index contributed by atoms with van der Waals surface area (Å²) in [6.45, 7) is 4.97. The van der Waals surface area contributed by atoms with E-state index in [1.165, 1.54) is 11.1 Å². The van der Waals surface area contributed by atoms with Crippen molar-refractivity contribution >= 4 is 17.1 Å². The van der Waals surface area contributed by atoms with Gasteiger partial charge in [0, 0.05) is 42.8 Å². The number of nitrogens with zero attached hydrogens (tertiary/aromatic N) is 3. The molecule has 6 heteroatoms. The van der Waals surface area contributed by atoms with E-state index >= 15 is 0 Å². The molecule has 2 aromatic heterocycles. The first kappa shape index (κ1) is 24.6. The molecule has 2 aromatic carbocycles. The molecule has 4 rings (SSSR count). The SMILES string of the molecule is Cc1ccc(-c2nc3cc(CCO)n(CCCCCCC(=O)O)c3nc2-c2ccc(C)cc2)cc1. The molecule has 0 bridgehead atoms. The zero-order chi connectivity index (χ0) is 24.8. The van der Waals surface area contributed by atoms with Crippen LogP contribution in [0.15, 0.2) is 54.6 Å². The lowest BCUT2D eigenvalue weighted by molar-refractivity contribution is -0.137. The Labute approximate surface area is 206 Å². The van der Waals surface area contributed by atoms with Gasteiger partial charge in [-0.15, -0.1) is 0 Å². The largest absolute Gasteiger partial charge is 0.481 e. The summed E-state index contributed by atoms with van der Waals surface area (Å²) in [4.78, 5) is 21.0. The lowest BCUT2D eigenvalue weighted by atomic mass is 10.0. The molecule has 0 aliphatic heterocycles. The molecular weight excluding hydrogens is 438 g/mol. The standard InChI is InChI=1S/C29H33N3O3/c1-20-8-12-22(13-9-20)27-28(23-14-10-21(2)11-15-23)31-29-25(30-27)19-24(16-18-33)32(29)17-6-4-3-5-7-26(34)35/h8-15,19,33H,3-7,16-18H2,1-2H3,(H,34,35). The van der Waals surface area contributed by atoms with Crippen LogP contribution in [0.5, 0.6) is 0 Å². The maximum Gasteiger partial charge on any atom is 0.303 e. The van der Waals surface area contributed by atoms with Gasteiger partial charge in [-0.25, -0.2) is 9.97 Å². The van der Waals surface area contributed by atoms with Gasteiger partial charge in [-0.05, 0) is 32.8 Å². The third-order valence-corrected chi connectivity index (χ3v) is 6.35. The maximum absolute atomic E-state index is 10.8. The van der Waals surface area contributed by atoms with E-state index in [0.717, 1.165) is 65.2 Å². The van der Waals surface area contributed by atoms with E-state index in [9.17, 15) is 9.90 Å². The Morgan fingerprint density at radius 2 is 1.40 bits per heavy atom. The van der Waals surface area contributed by atoms with Gasteiger partial charge in [-0.3, -0.25) is 4.79 Å². The summed E-state index contributed by atoms with van der Waals surface area (Å²) in [7, 11) is 0. The fourth-order valence-corrected chi connectivity index (χ4v) is 4.40. The number of benzene rings is 2. The summed E-state index contributed by atoms with van der Waals surface area (Å²) in [6, 6.07) is 18.8. The Morgan fingerprint density at radius 1 is 0.829 bits per heavy atom. The molecule has 2 N–H and O–H groups in total. The molecule has 0 aliphatic rings. The van der Waals surface area contributed by atoms with Gasteiger partial charge in [0.05, 0.1) is 11.4 Å². The molecule has 35 heavy (non-hydrogen) atoms. The molecule has 0 amide bonds. The minimum atomic E-state index is -0.741. The molecule has 4 aromatic rings. The van der Waals surface area contributed by atoms with E-state index in [2.05, 4.69) is 66.9 Å². The minimum Gasteiger partial charge on any atom is -0.481 e. The third kappa shape index (κ3) is 5.95. The quantitative estimate of drug-likeness (QED) is 0.264. The van der Waals surface area contributed by atoms with Gasteiger partial charge in [-0.1, -0.05) is 72.5 Å². The molecule has 0 saturated heterocycles. The first-order chi connectivity index (χ1) is 17.0. The summed E-state index contributed by atoms with van der Waals surface area (Å²) >= 11 is 0. The van der Waals surface area contributed by atoms with E-state index in [1.807, 2.05) is 6.07 Å². The number of aliphatic hydroxyl groups excluding tert-OH is 1. The normalized spacial score (nSPS) is 11.3. The lowest BCUT2D eigenvalue weighted by Crippen LogP contribution is -2.07. The smallest absolute Gasteiger partial charge is 0.303 e. The minimum absolute atomic E-state index is 0.0601. The molecular formula is C29H33N3O3. The number of hydrogen-bond donors (Lipinski definition) is 2. The van der Waals surface area contributed by atoms with Gasteiger partial charge in [0.15, 0.2) is 5.65 Å². The maximum atomic E-state index is 10.8. The van der Waals surface area contributed by atoms with Gasteiger partial charge >= 0.3 is 5.97 Å². The molecule has 0 spiro atoms. The predicted molar refractivity (Wildman–Crippen MR) is 139 cm³/mol. The van der Waals surface area contributed by atoms with Crippen molar-refractivity contribution < 1.29 is 15.0 Å². The molecule has 0 aliphatic carbocycles. The van der Waals surface area contributed by atoms with Gasteiger partial charge in [0.25, 0.3) is 0 Å². The van der Waals surface area contributed by atoms with Gasteiger partial charge in [0.2, 0.25) is 0 Å². The fraction of sp³-hybridized carbons (Fsp3) is 0.345. The van der Waals surface area contributed by atoms with Crippen molar-refractivity contribution in [1.29, 1.82) is 0 Å². The third-order valence-electron chi connectivity index (χ3n) is 6.35. The van der Waals surface area contributed by atoms with Crippen LogP contribution in [-0.4, -0.2) is 37.3 Å². The number of carbonyl (C=O) groups is 1. The Bertz CT molecular complexity index is 1290. The second kappa shape index (κ2) is 11.3. The van der Waals surface area contributed by atoms with Crippen LogP contribution in [0.2, 0.25) is 0 Å². The molecule has 0 fully saturated rings. The number of carboxylic acids is 1. The number of unbranched alkanes of at least 4 members (excludes halogenated alkanes) is 3. The van der Waals surface area contributed by atoms with Gasteiger partial charge < -0.3 is 14.8 Å². The van der Waals surface area contributed by atoms with Crippen LogP contribution in [-0.2, 0) is 17.8 Å². The highest BCUT2D eigenvalue weighted by Crippen LogP contribution is 2.32. The molecule has 2 heterocycles. The van der Waals surface area contributed by atoms with Crippen molar-refractivity contribution in [2.45, 2.75) is 58.9 Å². The summed E-state index contributed by atoms with van der Waals surface area (Å²) in [6.07, 6.45) is 4.21. The second-order valence-corrected chi connectivity index (χ2v) is 9.18. The van der Waals surface area contributed by atoms with Crippen LogP contribution < -0.4 is 0 Å². The molecule has 0 unspecified atom stereocenters. The molecule has 0 radical (unpaired) electrons. The van der Waals surface area contributed by atoms with Crippen molar-refractivity contribution in [2.24, 2.45) is 0 Å². The fourth-order valence-electron chi connectivity index (χ4n) is 4.40. The number of aromatic nitrogens is 3. The van der Waals surface area contributed by atoms with E-state index in [-0.39, 0.29) is 13.0 Å². The number of rotatable bonds is 11. The Morgan fingerprint density at radius 3 is 1.97 bits per heavy atom. The highest BCUT2D eigenvalue weighted by molar-refractivity contribution is 5.85. The summed E-state index contributed by atoms with van der Waals surface area (Å²) < 4.78 is 2.17. The topological polar surface area (TPSA) is 88.2 Å². The monoisotopic (exact) mass is 471 g/mol. The van der Waals surface area contributed by atoms with Gasteiger partial charge in [0.1, 0.15) is 5.52 Å². The number of hydrogen-bond acceptors (Lipinski definition) is 4. The average molecular weight is 472 g/mol. The van der Waals surface area contributed by atoms with Gasteiger partial charge in [-0.2, -0.15) is 0 Å². The van der Waals surface area contributed by atoms with Crippen molar-refractivity contribution in [2.75, 3.05) is 6.61 Å². The van der Waals surface area contributed by atoms with Crippen LogP contribution in [0.25, 0.3) is 33.7 Å². The number of carboxylic acid groups (broad SMARTS) is 1. The first-order valence-electron chi connectivity index (χ1n) is 12.3. The zero-order valence-corrected chi connectivity index (χ0v) is 20.5. The van der Waals surface area contributed by atoms with Crippen LogP contribution in [0.4, 0.5) is 0 Å². The zero-order valence-electron chi connectivity index (χ0n) is 20.5. The highest BCUT2D eigenvalue weighted by atomic mass is 16.4. The summed E-state index contributed by atoms with van der Waals surface area (Å²) in [5, 5.41) is 18.5. The second-order valence-electron chi connectivity index (χ2n) is 9.18. The molecule has 6 nitrogen and oxygen atoms in total. The van der Waals surface area contributed by atoms with Crippen molar-refractivity contribution in [1.82, 2.24) is 14.5 Å². The number of fused-ring (bicyclic) bond motifs is 1.